The molecule has 2 saturated heterocycles. The Morgan fingerprint density at radius 3 is 2.25 bits per heavy atom. The lowest BCUT2D eigenvalue weighted by Gasteiger charge is -2.37. The third-order valence-corrected chi connectivity index (χ3v) is 11.7. The van der Waals surface area contributed by atoms with Crippen LogP contribution in [0.5, 0.6) is 0 Å². The summed E-state index contributed by atoms with van der Waals surface area (Å²) in [5.41, 5.74) is 1.17. The van der Waals surface area contributed by atoms with Gasteiger partial charge in [0.05, 0.1) is 30.5 Å². The number of amides is 1. The molecule has 300 valence electrons. The minimum atomic E-state index is -2.63. The van der Waals surface area contributed by atoms with E-state index in [1.54, 1.807) is 19.1 Å². The number of carbonyl (C=O) groups is 4. The lowest BCUT2D eigenvalue weighted by atomic mass is 9.83. The number of hydrogen-bond acceptors (Lipinski definition) is 13. The Kier molecular flexibility index (Phi) is 15.0. The van der Waals surface area contributed by atoms with Gasteiger partial charge in [-0.05, 0) is 95.5 Å². The molecule has 14 atom stereocenters. The lowest BCUT2D eigenvalue weighted by Crippen LogP contribution is -2.58. The molecule has 4 aliphatic rings. The van der Waals surface area contributed by atoms with Gasteiger partial charge in [0.15, 0.2) is 6.10 Å². The third kappa shape index (κ3) is 10.2. The topological polar surface area (TPSA) is 232 Å². The molecule has 2 bridgehead atoms. The van der Waals surface area contributed by atoms with Crippen LogP contribution in [-0.2, 0) is 28.7 Å². The van der Waals surface area contributed by atoms with Crippen molar-refractivity contribution in [1.82, 2.24) is 4.90 Å². The zero-order valence-corrected chi connectivity index (χ0v) is 31.7. The van der Waals surface area contributed by atoms with Crippen LogP contribution in [0, 0.1) is 23.7 Å². The van der Waals surface area contributed by atoms with Gasteiger partial charge < -0.3 is 50.1 Å². The number of hydrogen-bond donors (Lipinski definition) is 7. The maximum absolute atomic E-state index is 14.0. The van der Waals surface area contributed by atoms with Crippen LogP contribution in [-0.4, -0.2) is 131 Å². The summed E-state index contributed by atoms with van der Waals surface area (Å²) in [4.78, 5) is 56.0. The largest absolute Gasteiger partial charge is 0.453 e. The van der Waals surface area contributed by atoms with E-state index in [-0.39, 0.29) is 49.8 Å². The smallest absolute Gasteiger partial charge is 0.329 e. The van der Waals surface area contributed by atoms with E-state index >= 15 is 0 Å². The van der Waals surface area contributed by atoms with E-state index in [1.807, 2.05) is 20.8 Å². The van der Waals surface area contributed by atoms with E-state index in [0.717, 1.165) is 10.5 Å². The van der Waals surface area contributed by atoms with Gasteiger partial charge in [-0.1, -0.05) is 38.5 Å². The van der Waals surface area contributed by atoms with Gasteiger partial charge in [-0.2, -0.15) is 0 Å². The van der Waals surface area contributed by atoms with Crippen LogP contribution in [0.2, 0.25) is 0 Å². The van der Waals surface area contributed by atoms with Crippen molar-refractivity contribution in [3.8, 4) is 0 Å². The summed E-state index contributed by atoms with van der Waals surface area (Å²) in [6, 6.07) is -1.30. The van der Waals surface area contributed by atoms with E-state index in [4.69, 9.17) is 9.47 Å². The predicted octanol–water partition coefficient (Wildman–Crippen LogP) is 1.24. The average molecular weight is 752 g/mol. The molecule has 3 heterocycles. The zero-order valence-electron chi connectivity index (χ0n) is 31.7. The number of nitrogens with zero attached hydrogens (tertiary/aromatic N) is 1. The fourth-order valence-electron chi connectivity index (χ4n) is 8.47. The third-order valence-electron chi connectivity index (χ3n) is 11.7. The first-order valence-electron chi connectivity index (χ1n) is 19.3. The Hall–Kier alpha value is -2.56. The Bertz CT molecular complexity index is 1380. The first kappa shape index (κ1) is 43.2. The number of cyclic esters (lactones) is 1. The van der Waals surface area contributed by atoms with Crippen LogP contribution in [0.1, 0.15) is 105 Å². The number of carbonyl (C=O) groups excluding carboxylic acids is 4. The minimum absolute atomic E-state index is 0.0236. The summed E-state index contributed by atoms with van der Waals surface area (Å²) in [7, 11) is 0. The number of piperidine rings is 1. The van der Waals surface area contributed by atoms with Gasteiger partial charge >= 0.3 is 5.97 Å². The van der Waals surface area contributed by atoms with Gasteiger partial charge in [0.25, 0.3) is 11.7 Å². The molecular weight excluding hydrogens is 690 g/mol. The highest BCUT2D eigenvalue weighted by Crippen LogP contribution is 2.39. The maximum Gasteiger partial charge on any atom is 0.329 e. The van der Waals surface area contributed by atoms with E-state index < -0.39 is 96.6 Å². The summed E-state index contributed by atoms with van der Waals surface area (Å²) >= 11 is 0. The molecule has 0 radical (unpaired) electrons. The molecule has 3 aliphatic heterocycles. The van der Waals surface area contributed by atoms with Crippen molar-refractivity contribution in [1.29, 1.82) is 0 Å². The van der Waals surface area contributed by atoms with Gasteiger partial charge in [-0.25, -0.2) is 4.79 Å². The summed E-state index contributed by atoms with van der Waals surface area (Å²) < 4.78 is 11.6. The number of rotatable bonds is 3. The Morgan fingerprint density at radius 1 is 0.887 bits per heavy atom. The number of ether oxygens (including phenoxy) is 2. The standard InChI is InChI=1S/C39H61NO13/c1-6-25-14-20(2)13-21(3)15-30(44)33(46)32-17-23(5)39(51,53-32)36(48)37(49)40-12-8-7-9-26(40)38(50)52-35(34(47)31(45)19-28(25)42)22(4)16-24-10-11-27(41)29(43)18-24/h14,16,21,23-27,29-35,41,43-47,51H,6-13,15,17-19H2,1-5H3/b20-14+,22-16+/t21?,23?,24-,25+,26?,27+,29?,30+,31?,32?,33?,34+,35+,39?/m0/s1. The Morgan fingerprint density at radius 2 is 1.58 bits per heavy atom. The minimum Gasteiger partial charge on any atom is -0.453 e. The summed E-state index contributed by atoms with van der Waals surface area (Å²) in [6.45, 7) is 8.58. The molecule has 1 saturated carbocycles. The van der Waals surface area contributed by atoms with Crippen molar-refractivity contribution in [2.75, 3.05) is 6.54 Å². The fourth-order valence-corrected chi connectivity index (χ4v) is 8.47. The highest BCUT2D eigenvalue weighted by Gasteiger charge is 2.57. The normalized spacial score (nSPS) is 43.2. The first-order valence-corrected chi connectivity index (χ1v) is 19.3. The Labute approximate surface area is 311 Å². The molecule has 14 heteroatoms. The fraction of sp³-hybridized carbons (Fsp3) is 0.795. The van der Waals surface area contributed by atoms with Crippen LogP contribution in [0.25, 0.3) is 0 Å². The molecule has 0 aromatic carbocycles. The van der Waals surface area contributed by atoms with Crippen molar-refractivity contribution < 1.29 is 64.4 Å². The molecule has 1 aliphatic carbocycles. The highest BCUT2D eigenvalue weighted by molar-refractivity contribution is 6.39. The molecule has 8 unspecified atom stereocenters. The second-order valence-electron chi connectivity index (χ2n) is 16.2. The van der Waals surface area contributed by atoms with Gasteiger partial charge in [-0.3, -0.25) is 14.4 Å². The molecular formula is C39H61NO13. The molecule has 4 rings (SSSR count). The number of aliphatic hydroxyl groups excluding tert-OH is 6. The van der Waals surface area contributed by atoms with E-state index in [2.05, 4.69) is 0 Å². The molecule has 14 nitrogen and oxygen atoms in total. The predicted molar refractivity (Wildman–Crippen MR) is 191 cm³/mol. The van der Waals surface area contributed by atoms with Crippen molar-refractivity contribution in [2.45, 2.75) is 166 Å². The maximum atomic E-state index is 14.0. The molecule has 1 amide bonds. The number of allylic oxidation sites excluding steroid dienone is 3. The highest BCUT2D eigenvalue weighted by atomic mass is 16.6. The lowest BCUT2D eigenvalue weighted by molar-refractivity contribution is -0.224. The summed E-state index contributed by atoms with van der Waals surface area (Å²) in [6.07, 6.45) is -4.60. The molecule has 7 N–H and O–H groups in total. The summed E-state index contributed by atoms with van der Waals surface area (Å²) in [5, 5.41) is 76.6. The van der Waals surface area contributed by atoms with Gasteiger partial charge in [0, 0.05) is 24.8 Å². The number of ketones is 2. The summed E-state index contributed by atoms with van der Waals surface area (Å²) in [5.74, 6) is -8.41. The number of Topliss-reactive ketones (excluding diaryl/α,β-unsaturated/α-hetero) is 2. The monoisotopic (exact) mass is 751 g/mol. The van der Waals surface area contributed by atoms with Crippen LogP contribution in [0.4, 0.5) is 0 Å². The number of aliphatic hydroxyl groups is 7. The van der Waals surface area contributed by atoms with E-state index in [9.17, 15) is 54.9 Å². The van der Waals surface area contributed by atoms with Crippen molar-refractivity contribution >= 4 is 23.4 Å². The van der Waals surface area contributed by atoms with Crippen molar-refractivity contribution in [3.05, 3.63) is 23.3 Å². The van der Waals surface area contributed by atoms with Gasteiger partial charge in [0.1, 0.15) is 24.0 Å². The van der Waals surface area contributed by atoms with E-state index in [0.29, 0.717) is 44.1 Å². The van der Waals surface area contributed by atoms with Crippen molar-refractivity contribution in [2.24, 2.45) is 23.7 Å². The molecule has 53 heavy (non-hydrogen) atoms. The second-order valence-corrected chi connectivity index (χ2v) is 16.2. The molecule has 0 spiro atoms. The number of esters is 1. The van der Waals surface area contributed by atoms with Gasteiger partial charge in [0.2, 0.25) is 5.79 Å². The average Bonchev–Trinajstić information content (AvgIpc) is 3.43. The molecule has 3 fully saturated rings. The Balaban J connectivity index is 1.71. The van der Waals surface area contributed by atoms with Crippen molar-refractivity contribution in [3.63, 3.8) is 0 Å². The quantitative estimate of drug-likeness (QED) is 0.122. The number of fused-ring (bicyclic) bond motifs is 3. The van der Waals surface area contributed by atoms with Crippen LogP contribution >= 0.6 is 0 Å². The second kappa shape index (κ2) is 18.4. The van der Waals surface area contributed by atoms with Crippen LogP contribution in [0.15, 0.2) is 23.3 Å². The SMILES string of the molecule is CC[C@@H]1/C=C(\C)CC(C)C[C@@H](O)C(O)C2CC(C)C(O)(O2)C(=O)C(=O)N2CCCCC2C(=O)O[C@H](/C(C)=C/[C@@H]2CC[C@@H](O)C(O)C2)[C@H](O)C(O)CC1=O. The van der Waals surface area contributed by atoms with Gasteiger partial charge in [-0.15, -0.1) is 0 Å². The van der Waals surface area contributed by atoms with Crippen LogP contribution < -0.4 is 0 Å². The first-order chi connectivity index (χ1) is 24.9. The zero-order chi connectivity index (χ0) is 39.4. The molecule has 0 aromatic heterocycles. The molecule has 0 aromatic rings. The van der Waals surface area contributed by atoms with E-state index in [1.165, 1.54) is 6.92 Å². The van der Waals surface area contributed by atoms with Crippen LogP contribution in [0.3, 0.4) is 0 Å².